The van der Waals surface area contributed by atoms with Crippen molar-refractivity contribution in [1.82, 2.24) is 4.90 Å². The maximum atomic E-state index is 11.4. The largest absolute Gasteiger partial charge is 0.496 e. The molecule has 4 nitrogen and oxygen atoms in total. The molecule has 18 heavy (non-hydrogen) atoms. The molecule has 2 N–H and O–H groups in total. The maximum Gasteiger partial charge on any atom is 0.159 e. The minimum atomic E-state index is 0.0727. The zero-order valence-electron chi connectivity index (χ0n) is 11.4. The summed E-state index contributed by atoms with van der Waals surface area (Å²) in [6.07, 6.45) is 0.964. The van der Waals surface area contributed by atoms with E-state index in [2.05, 4.69) is 4.90 Å². The van der Waals surface area contributed by atoms with Crippen molar-refractivity contribution in [3.63, 3.8) is 0 Å². The molecule has 0 radical (unpaired) electrons. The van der Waals surface area contributed by atoms with Gasteiger partial charge in [0.15, 0.2) is 5.78 Å². The van der Waals surface area contributed by atoms with Gasteiger partial charge in [0.1, 0.15) is 5.75 Å². The Morgan fingerprint density at radius 1 is 1.44 bits per heavy atom. The number of hydrogen-bond acceptors (Lipinski definition) is 4. The summed E-state index contributed by atoms with van der Waals surface area (Å²) in [6.45, 7) is 3.95. The lowest BCUT2D eigenvalue weighted by atomic mass is 10.1. The van der Waals surface area contributed by atoms with Crippen molar-refractivity contribution < 1.29 is 9.53 Å². The van der Waals surface area contributed by atoms with Crippen molar-refractivity contribution in [2.45, 2.75) is 19.9 Å². The standard InChI is InChI=1S/C14H22N2O2/c1-11(17)12-5-6-14(18-3)13(9-12)10-16(2)8-4-7-15/h5-6,9H,4,7-8,10,15H2,1-3H3. The Labute approximate surface area is 109 Å². The van der Waals surface area contributed by atoms with Crippen LogP contribution in [0, 0.1) is 0 Å². The SMILES string of the molecule is COc1ccc(C(C)=O)cc1CN(C)CCCN. The van der Waals surface area contributed by atoms with Gasteiger partial charge >= 0.3 is 0 Å². The van der Waals surface area contributed by atoms with Gasteiger partial charge in [-0.3, -0.25) is 4.79 Å². The van der Waals surface area contributed by atoms with E-state index in [9.17, 15) is 4.79 Å². The predicted molar refractivity (Wildman–Crippen MR) is 73.0 cm³/mol. The van der Waals surface area contributed by atoms with Gasteiger partial charge < -0.3 is 15.4 Å². The van der Waals surface area contributed by atoms with Crippen LogP contribution in [0.4, 0.5) is 0 Å². The number of rotatable bonds is 7. The summed E-state index contributed by atoms with van der Waals surface area (Å²) in [5, 5.41) is 0. The van der Waals surface area contributed by atoms with Gasteiger partial charge in [0.05, 0.1) is 7.11 Å². The fourth-order valence-electron chi connectivity index (χ4n) is 1.85. The van der Waals surface area contributed by atoms with Gasteiger partial charge in [0.25, 0.3) is 0 Å². The highest BCUT2D eigenvalue weighted by molar-refractivity contribution is 5.94. The number of Topliss-reactive ketones (excluding diaryl/α,β-unsaturated/α-hetero) is 1. The Balaban J connectivity index is 2.84. The van der Waals surface area contributed by atoms with Crippen LogP contribution in [0.5, 0.6) is 5.75 Å². The highest BCUT2D eigenvalue weighted by atomic mass is 16.5. The first-order valence-corrected chi connectivity index (χ1v) is 6.15. The lowest BCUT2D eigenvalue weighted by Crippen LogP contribution is -2.21. The van der Waals surface area contributed by atoms with Crippen LogP contribution in [0.3, 0.4) is 0 Å². The van der Waals surface area contributed by atoms with Gasteiger partial charge in [-0.25, -0.2) is 0 Å². The van der Waals surface area contributed by atoms with Crippen molar-refractivity contribution in [1.29, 1.82) is 0 Å². The van der Waals surface area contributed by atoms with E-state index in [1.165, 1.54) is 0 Å². The van der Waals surface area contributed by atoms with Crippen LogP contribution < -0.4 is 10.5 Å². The molecule has 0 atom stereocenters. The number of benzene rings is 1. The summed E-state index contributed by atoms with van der Waals surface area (Å²) in [7, 11) is 3.68. The molecule has 0 aromatic heterocycles. The minimum absolute atomic E-state index is 0.0727. The van der Waals surface area contributed by atoms with E-state index < -0.39 is 0 Å². The number of ether oxygens (including phenoxy) is 1. The van der Waals surface area contributed by atoms with E-state index in [1.807, 2.05) is 19.2 Å². The van der Waals surface area contributed by atoms with Crippen molar-refractivity contribution in [3.05, 3.63) is 29.3 Å². The van der Waals surface area contributed by atoms with Gasteiger partial charge in [-0.05, 0) is 51.7 Å². The molecule has 0 saturated heterocycles. The average Bonchev–Trinajstić information content (AvgIpc) is 2.36. The summed E-state index contributed by atoms with van der Waals surface area (Å²) in [5.74, 6) is 0.892. The van der Waals surface area contributed by atoms with E-state index in [0.29, 0.717) is 6.54 Å². The van der Waals surface area contributed by atoms with E-state index >= 15 is 0 Å². The summed E-state index contributed by atoms with van der Waals surface area (Å²) in [4.78, 5) is 13.6. The minimum Gasteiger partial charge on any atom is -0.496 e. The van der Waals surface area contributed by atoms with Gasteiger partial charge in [-0.1, -0.05) is 0 Å². The Morgan fingerprint density at radius 3 is 2.72 bits per heavy atom. The summed E-state index contributed by atoms with van der Waals surface area (Å²) >= 11 is 0. The zero-order chi connectivity index (χ0) is 13.5. The van der Waals surface area contributed by atoms with E-state index in [0.717, 1.165) is 36.4 Å². The van der Waals surface area contributed by atoms with Crippen molar-refractivity contribution in [2.24, 2.45) is 5.73 Å². The molecule has 100 valence electrons. The van der Waals surface area contributed by atoms with Crippen LogP contribution in [0.1, 0.15) is 29.3 Å². The number of methoxy groups -OCH3 is 1. The molecule has 0 spiro atoms. The first-order valence-electron chi connectivity index (χ1n) is 6.15. The average molecular weight is 250 g/mol. The highest BCUT2D eigenvalue weighted by Gasteiger charge is 2.09. The molecular weight excluding hydrogens is 228 g/mol. The molecule has 0 unspecified atom stereocenters. The third-order valence-electron chi connectivity index (χ3n) is 2.87. The number of ketones is 1. The Bertz CT molecular complexity index is 405. The molecule has 0 fully saturated rings. The van der Waals surface area contributed by atoms with Crippen LogP contribution in [0.2, 0.25) is 0 Å². The smallest absolute Gasteiger partial charge is 0.159 e. The first kappa shape index (κ1) is 14.7. The topological polar surface area (TPSA) is 55.6 Å². The van der Waals surface area contributed by atoms with E-state index in [-0.39, 0.29) is 5.78 Å². The third-order valence-corrected chi connectivity index (χ3v) is 2.87. The second-order valence-electron chi connectivity index (χ2n) is 4.46. The van der Waals surface area contributed by atoms with Crippen molar-refractivity contribution in [2.75, 3.05) is 27.2 Å². The molecular formula is C14H22N2O2. The first-order chi connectivity index (χ1) is 8.58. The van der Waals surface area contributed by atoms with E-state index in [4.69, 9.17) is 10.5 Å². The fraction of sp³-hybridized carbons (Fsp3) is 0.500. The van der Waals surface area contributed by atoms with E-state index in [1.54, 1.807) is 20.1 Å². The second-order valence-corrected chi connectivity index (χ2v) is 4.46. The lowest BCUT2D eigenvalue weighted by Gasteiger charge is -2.18. The molecule has 4 heteroatoms. The van der Waals surface area contributed by atoms with Crippen LogP contribution >= 0.6 is 0 Å². The molecule has 0 saturated carbocycles. The van der Waals surface area contributed by atoms with Crippen LogP contribution in [0.25, 0.3) is 0 Å². The molecule has 0 heterocycles. The summed E-state index contributed by atoms with van der Waals surface area (Å²) < 4.78 is 5.32. The van der Waals surface area contributed by atoms with Crippen molar-refractivity contribution in [3.8, 4) is 5.75 Å². The molecule has 0 aliphatic rings. The quantitative estimate of drug-likeness (QED) is 0.748. The van der Waals surface area contributed by atoms with Gasteiger partial charge in [-0.15, -0.1) is 0 Å². The summed E-state index contributed by atoms with van der Waals surface area (Å²) in [6, 6.07) is 5.55. The molecule has 1 rings (SSSR count). The molecule has 0 bridgehead atoms. The number of nitrogens with two attached hydrogens (primary N) is 1. The molecule has 1 aromatic rings. The molecule has 0 aliphatic carbocycles. The van der Waals surface area contributed by atoms with Crippen LogP contribution in [0.15, 0.2) is 18.2 Å². The number of carbonyl (C=O) groups is 1. The maximum absolute atomic E-state index is 11.4. The third kappa shape index (κ3) is 4.13. The van der Waals surface area contributed by atoms with Crippen LogP contribution in [-0.2, 0) is 6.54 Å². The molecule has 1 aromatic carbocycles. The highest BCUT2D eigenvalue weighted by Crippen LogP contribution is 2.21. The van der Waals surface area contributed by atoms with Gasteiger partial charge in [-0.2, -0.15) is 0 Å². The predicted octanol–water partition coefficient (Wildman–Crippen LogP) is 1.68. The summed E-state index contributed by atoms with van der Waals surface area (Å²) in [5.41, 5.74) is 7.25. The monoisotopic (exact) mass is 250 g/mol. The fourth-order valence-corrected chi connectivity index (χ4v) is 1.85. The lowest BCUT2D eigenvalue weighted by molar-refractivity contribution is 0.101. The zero-order valence-corrected chi connectivity index (χ0v) is 11.4. The molecule has 0 aliphatic heterocycles. The Hall–Kier alpha value is -1.39. The van der Waals surface area contributed by atoms with Crippen molar-refractivity contribution >= 4 is 5.78 Å². The second kappa shape index (κ2) is 7.13. The number of carbonyl (C=O) groups excluding carboxylic acids is 1. The Kier molecular flexibility index (Phi) is 5.82. The van der Waals surface area contributed by atoms with Gasteiger partial charge in [0.2, 0.25) is 0 Å². The number of hydrogen-bond donors (Lipinski definition) is 1. The number of nitrogens with zero attached hydrogens (tertiary/aromatic N) is 1. The Morgan fingerprint density at radius 2 is 2.17 bits per heavy atom. The molecule has 0 amide bonds. The van der Waals surface area contributed by atoms with Crippen LogP contribution in [-0.4, -0.2) is 37.9 Å². The van der Waals surface area contributed by atoms with Gasteiger partial charge in [0, 0.05) is 17.7 Å². The normalized spacial score (nSPS) is 10.7.